The molecule has 2 N–H and O–H groups in total. The van der Waals surface area contributed by atoms with E-state index in [0.29, 0.717) is 16.6 Å². The second-order valence-electron chi connectivity index (χ2n) is 4.85. The van der Waals surface area contributed by atoms with Gasteiger partial charge in [0.1, 0.15) is 0 Å². The van der Waals surface area contributed by atoms with Crippen LogP contribution in [0.15, 0.2) is 47.2 Å². The predicted octanol–water partition coefficient (Wildman–Crippen LogP) is 2.87. The van der Waals surface area contributed by atoms with Crippen molar-refractivity contribution in [2.75, 3.05) is 17.2 Å². The molecule has 0 fully saturated rings. The van der Waals surface area contributed by atoms with E-state index in [0.717, 1.165) is 11.4 Å². The molecule has 23 heavy (non-hydrogen) atoms. The maximum absolute atomic E-state index is 11.8. The fraction of sp³-hybridized carbons (Fsp3) is 0.133. The Bertz CT molecular complexity index is 813. The molecular weight excluding hydrogens is 318 g/mol. The number of hydrogen-bond acceptors (Lipinski definition) is 5. The fourth-order valence-electron chi connectivity index (χ4n) is 2.00. The summed E-state index contributed by atoms with van der Waals surface area (Å²) in [4.78, 5) is 11.8. The molecule has 0 radical (unpaired) electrons. The Morgan fingerprint density at radius 2 is 2.26 bits per heavy atom. The minimum atomic E-state index is -0.242. The molecule has 118 valence electrons. The van der Waals surface area contributed by atoms with Crippen LogP contribution in [0.2, 0.25) is 5.02 Å². The van der Waals surface area contributed by atoms with Crippen LogP contribution in [0.5, 0.6) is 0 Å². The summed E-state index contributed by atoms with van der Waals surface area (Å²) in [7, 11) is 0. The molecule has 1 aromatic carbocycles. The lowest BCUT2D eigenvalue weighted by Gasteiger charge is -2.09. The zero-order chi connectivity index (χ0) is 16.2. The van der Waals surface area contributed by atoms with E-state index in [1.54, 1.807) is 36.1 Å². The Morgan fingerprint density at radius 1 is 1.39 bits per heavy atom. The molecule has 0 atom stereocenters. The zero-order valence-corrected chi connectivity index (χ0v) is 13.0. The summed E-state index contributed by atoms with van der Waals surface area (Å²) < 4.78 is 6.59. The molecule has 0 spiro atoms. The van der Waals surface area contributed by atoms with Crippen LogP contribution in [0.1, 0.15) is 5.69 Å². The molecule has 0 saturated heterocycles. The summed E-state index contributed by atoms with van der Waals surface area (Å²) in [6.45, 7) is 1.86. The van der Waals surface area contributed by atoms with Crippen LogP contribution < -0.4 is 10.6 Å². The largest absolute Gasteiger partial charge is 0.376 e. The number of benzene rings is 1. The van der Waals surface area contributed by atoms with Crippen LogP contribution >= 0.6 is 11.6 Å². The molecule has 1 amide bonds. The molecular formula is C15H14ClN5O2. The maximum Gasteiger partial charge on any atom is 0.246 e. The van der Waals surface area contributed by atoms with Gasteiger partial charge in [-0.3, -0.25) is 10.1 Å². The first kappa shape index (κ1) is 15.1. The van der Waals surface area contributed by atoms with Gasteiger partial charge in [-0.25, -0.2) is 4.68 Å². The lowest BCUT2D eigenvalue weighted by atomic mass is 10.2. The Balaban J connectivity index is 1.60. The van der Waals surface area contributed by atoms with Gasteiger partial charge in [0, 0.05) is 24.1 Å². The first-order valence-corrected chi connectivity index (χ1v) is 7.26. The highest BCUT2D eigenvalue weighted by Crippen LogP contribution is 2.23. The van der Waals surface area contributed by atoms with Crippen molar-refractivity contribution in [2.45, 2.75) is 6.92 Å². The molecule has 3 aromatic rings. The lowest BCUT2D eigenvalue weighted by Crippen LogP contribution is -2.21. The average molecular weight is 332 g/mol. The van der Waals surface area contributed by atoms with Crippen molar-refractivity contribution in [1.29, 1.82) is 0 Å². The Kier molecular flexibility index (Phi) is 4.29. The Labute approximate surface area is 137 Å². The van der Waals surface area contributed by atoms with Gasteiger partial charge in [-0.2, -0.15) is 5.10 Å². The number of anilines is 2. The van der Waals surface area contributed by atoms with E-state index in [9.17, 15) is 4.79 Å². The standard InChI is InChI=1S/C15H14ClN5O2/c1-10-7-15(23-20-10)19-14(22)9-17-11-3-4-13(12(16)8-11)21-6-2-5-18-21/h2-8,17H,9H2,1H3,(H,19,22). The van der Waals surface area contributed by atoms with E-state index < -0.39 is 0 Å². The first-order chi connectivity index (χ1) is 11.1. The zero-order valence-electron chi connectivity index (χ0n) is 12.3. The number of carbonyl (C=O) groups excluding carboxylic acids is 1. The van der Waals surface area contributed by atoms with E-state index in [-0.39, 0.29) is 12.5 Å². The van der Waals surface area contributed by atoms with Crippen LogP contribution in [-0.4, -0.2) is 27.4 Å². The summed E-state index contributed by atoms with van der Waals surface area (Å²) in [5, 5.41) is 14.0. The SMILES string of the molecule is Cc1cc(NC(=O)CNc2ccc(-n3cccn3)c(Cl)c2)on1. The number of carbonyl (C=O) groups is 1. The van der Waals surface area contributed by atoms with Gasteiger partial charge in [0.05, 0.1) is 22.9 Å². The quantitative estimate of drug-likeness (QED) is 0.751. The van der Waals surface area contributed by atoms with Crippen molar-refractivity contribution >= 4 is 29.1 Å². The second-order valence-corrected chi connectivity index (χ2v) is 5.26. The van der Waals surface area contributed by atoms with Crippen LogP contribution in [-0.2, 0) is 4.79 Å². The van der Waals surface area contributed by atoms with Gasteiger partial charge in [-0.1, -0.05) is 16.8 Å². The molecule has 7 nitrogen and oxygen atoms in total. The van der Waals surface area contributed by atoms with Gasteiger partial charge in [-0.15, -0.1) is 0 Å². The third kappa shape index (κ3) is 3.70. The minimum absolute atomic E-state index is 0.0805. The van der Waals surface area contributed by atoms with Crippen molar-refractivity contribution in [2.24, 2.45) is 0 Å². The summed E-state index contributed by atoms with van der Waals surface area (Å²) in [5.74, 6) is 0.0785. The fourth-order valence-corrected chi connectivity index (χ4v) is 2.27. The number of nitrogens with zero attached hydrogens (tertiary/aromatic N) is 3. The molecule has 8 heteroatoms. The molecule has 0 aliphatic carbocycles. The number of halogens is 1. The van der Waals surface area contributed by atoms with E-state index in [1.807, 2.05) is 18.2 Å². The number of nitrogens with one attached hydrogen (secondary N) is 2. The molecule has 0 aliphatic rings. The minimum Gasteiger partial charge on any atom is -0.376 e. The topological polar surface area (TPSA) is 85.0 Å². The van der Waals surface area contributed by atoms with Crippen LogP contribution in [0.3, 0.4) is 0 Å². The molecule has 3 rings (SSSR count). The van der Waals surface area contributed by atoms with Crippen molar-refractivity contribution in [3.05, 3.63) is 53.4 Å². The maximum atomic E-state index is 11.8. The van der Waals surface area contributed by atoms with Crippen LogP contribution in [0.4, 0.5) is 11.6 Å². The highest BCUT2D eigenvalue weighted by atomic mass is 35.5. The summed E-state index contributed by atoms with van der Waals surface area (Å²) in [6, 6.07) is 8.86. The number of aromatic nitrogens is 3. The lowest BCUT2D eigenvalue weighted by molar-refractivity contribution is -0.114. The average Bonchev–Trinajstić information content (AvgIpc) is 3.17. The van der Waals surface area contributed by atoms with Crippen molar-refractivity contribution in [3.8, 4) is 5.69 Å². The van der Waals surface area contributed by atoms with Gasteiger partial charge in [0.2, 0.25) is 11.8 Å². The van der Waals surface area contributed by atoms with Crippen molar-refractivity contribution in [1.82, 2.24) is 14.9 Å². The molecule has 0 unspecified atom stereocenters. The third-order valence-electron chi connectivity index (χ3n) is 3.04. The van der Waals surface area contributed by atoms with E-state index in [1.165, 1.54) is 0 Å². The highest BCUT2D eigenvalue weighted by Gasteiger charge is 2.08. The number of amides is 1. The molecule has 2 aromatic heterocycles. The van der Waals surface area contributed by atoms with Gasteiger partial charge in [-0.05, 0) is 31.2 Å². The summed E-state index contributed by atoms with van der Waals surface area (Å²) in [5.41, 5.74) is 2.20. The summed E-state index contributed by atoms with van der Waals surface area (Å²) in [6.07, 6.45) is 3.49. The van der Waals surface area contributed by atoms with Gasteiger partial charge < -0.3 is 9.84 Å². The van der Waals surface area contributed by atoms with Crippen LogP contribution in [0.25, 0.3) is 5.69 Å². The molecule has 0 bridgehead atoms. The smallest absolute Gasteiger partial charge is 0.246 e. The predicted molar refractivity (Wildman–Crippen MR) is 86.9 cm³/mol. The number of rotatable bonds is 5. The number of aryl methyl sites for hydroxylation is 1. The Morgan fingerprint density at radius 3 is 2.91 bits per heavy atom. The van der Waals surface area contributed by atoms with Gasteiger partial charge in [0.15, 0.2) is 0 Å². The van der Waals surface area contributed by atoms with Crippen molar-refractivity contribution in [3.63, 3.8) is 0 Å². The van der Waals surface area contributed by atoms with Crippen LogP contribution in [0, 0.1) is 6.92 Å². The molecule has 0 aliphatic heterocycles. The molecule has 0 saturated carbocycles. The first-order valence-electron chi connectivity index (χ1n) is 6.88. The summed E-state index contributed by atoms with van der Waals surface area (Å²) >= 11 is 6.24. The normalized spacial score (nSPS) is 10.5. The van der Waals surface area contributed by atoms with E-state index in [4.69, 9.17) is 16.1 Å². The molecule has 2 heterocycles. The van der Waals surface area contributed by atoms with E-state index in [2.05, 4.69) is 20.9 Å². The van der Waals surface area contributed by atoms with E-state index >= 15 is 0 Å². The van der Waals surface area contributed by atoms with Gasteiger partial charge >= 0.3 is 0 Å². The third-order valence-corrected chi connectivity index (χ3v) is 3.35. The second kappa shape index (κ2) is 6.53. The van der Waals surface area contributed by atoms with Gasteiger partial charge in [0.25, 0.3) is 0 Å². The monoisotopic (exact) mass is 331 g/mol. The highest BCUT2D eigenvalue weighted by molar-refractivity contribution is 6.32. The number of hydrogen-bond donors (Lipinski definition) is 2. The Hall–Kier alpha value is -2.80. The van der Waals surface area contributed by atoms with Crippen molar-refractivity contribution < 1.29 is 9.32 Å².